The lowest BCUT2D eigenvalue weighted by atomic mass is 9.95. The van der Waals surface area contributed by atoms with Crippen LogP contribution in [0.25, 0.3) is 5.69 Å². The summed E-state index contributed by atoms with van der Waals surface area (Å²) in [7, 11) is 4.10. The molecule has 2 aromatic carbocycles. The molecule has 0 radical (unpaired) electrons. The number of anilines is 2. The Morgan fingerprint density at radius 3 is 2.41 bits per heavy atom. The van der Waals surface area contributed by atoms with Crippen molar-refractivity contribution in [1.29, 1.82) is 0 Å². The number of carbonyl (C=O) groups is 1. The van der Waals surface area contributed by atoms with E-state index in [2.05, 4.69) is 59.0 Å². The number of aliphatic imine (C=N–C) groups is 1. The van der Waals surface area contributed by atoms with Gasteiger partial charge in [-0.15, -0.1) is 11.3 Å². The van der Waals surface area contributed by atoms with Crippen LogP contribution in [0.15, 0.2) is 59.6 Å². The minimum atomic E-state index is -0.0677. The average Bonchev–Trinajstić information content (AvgIpc) is 3.40. The lowest BCUT2D eigenvalue weighted by Crippen LogP contribution is -2.14. The molecule has 6 heteroatoms. The minimum Gasteiger partial charge on any atom is -0.378 e. The maximum Gasteiger partial charge on any atom is 0.259 e. The molecule has 0 saturated heterocycles. The number of hydrogen-bond acceptors (Lipinski definition) is 4. The zero-order valence-corrected chi connectivity index (χ0v) is 23.1. The van der Waals surface area contributed by atoms with E-state index in [0.29, 0.717) is 0 Å². The first-order chi connectivity index (χ1) is 17.8. The Kier molecular flexibility index (Phi) is 7.02. The van der Waals surface area contributed by atoms with Gasteiger partial charge in [0.1, 0.15) is 5.00 Å². The molecule has 37 heavy (non-hydrogen) atoms. The van der Waals surface area contributed by atoms with E-state index in [1.54, 1.807) is 11.3 Å². The van der Waals surface area contributed by atoms with Gasteiger partial charge in [0.25, 0.3) is 5.91 Å². The van der Waals surface area contributed by atoms with Crippen LogP contribution >= 0.6 is 11.3 Å². The van der Waals surface area contributed by atoms with Crippen molar-refractivity contribution in [3.63, 3.8) is 0 Å². The van der Waals surface area contributed by atoms with E-state index in [1.165, 1.54) is 28.1 Å². The van der Waals surface area contributed by atoms with Gasteiger partial charge >= 0.3 is 0 Å². The van der Waals surface area contributed by atoms with E-state index in [-0.39, 0.29) is 5.91 Å². The minimum absolute atomic E-state index is 0.0677. The van der Waals surface area contributed by atoms with Crippen LogP contribution in [0.5, 0.6) is 0 Å². The highest BCUT2D eigenvalue weighted by Crippen LogP contribution is 2.40. The van der Waals surface area contributed by atoms with Gasteiger partial charge in [0, 0.05) is 59.2 Å². The third-order valence-corrected chi connectivity index (χ3v) is 8.30. The molecule has 1 aliphatic carbocycles. The topological polar surface area (TPSA) is 49.6 Å². The van der Waals surface area contributed by atoms with Crippen molar-refractivity contribution in [2.45, 2.75) is 46.5 Å². The van der Waals surface area contributed by atoms with Gasteiger partial charge in [-0.1, -0.05) is 17.7 Å². The molecule has 1 aliphatic rings. The molecule has 1 amide bonds. The molecule has 0 bridgehead atoms. The van der Waals surface area contributed by atoms with Crippen LogP contribution in [0.1, 0.15) is 56.2 Å². The normalized spacial score (nSPS) is 13.1. The Balaban J connectivity index is 1.47. The number of nitrogens with zero attached hydrogens (tertiary/aromatic N) is 3. The van der Waals surface area contributed by atoms with Crippen LogP contribution in [-0.2, 0) is 12.8 Å². The van der Waals surface area contributed by atoms with Gasteiger partial charge in [0.05, 0.1) is 5.56 Å². The molecule has 190 valence electrons. The highest BCUT2D eigenvalue weighted by molar-refractivity contribution is 7.16. The van der Waals surface area contributed by atoms with Crippen LogP contribution < -0.4 is 10.2 Å². The first kappa shape index (κ1) is 25.0. The summed E-state index contributed by atoms with van der Waals surface area (Å²) in [5.41, 5.74) is 9.54. The highest BCUT2D eigenvalue weighted by Gasteiger charge is 2.25. The number of rotatable bonds is 6. The number of benzene rings is 2. The fraction of sp³-hybridized carbons (Fsp3) is 0.290. The quantitative estimate of drug-likeness (QED) is 0.275. The molecule has 2 heterocycles. The predicted octanol–water partition coefficient (Wildman–Crippen LogP) is 7.41. The number of hydrogen-bond donors (Lipinski definition) is 1. The van der Waals surface area contributed by atoms with Gasteiger partial charge in [-0.05, 0) is 94.5 Å². The van der Waals surface area contributed by atoms with Gasteiger partial charge in [0.2, 0.25) is 0 Å². The maximum absolute atomic E-state index is 13.5. The standard InChI is InChI=1S/C31H34N4OS/c1-20-10-12-24(13-11-20)33-30(36)29-27-8-6-7-9-28(27)37-31(29)32-19-23-18-21(2)35(22(23)3)26-16-14-25(15-17-26)34(4)5/h10-19H,6-9H2,1-5H3,(H,33,36). The molecule has 0 fully saturated rings. The molecule has 1 N–H and O–H groups in total. The van der Waals surface area contributed by atoms with Crippen molar-refractivity contribution in [1.82, 2.24) is 4.57 Å². The number of thiophene rings is 1. The molecular weight excluding hydrogens is 476 g/mol. The summed E-state index contributed by atoms with van der Waals surface area (Å²) in [6, 6.07) is 18.7. The van der Waals surface area contributed by atoms with Gasteiger partial charge in [0.15, 0.2) is 0 Å². The van der Waals surface area contributed by atoms with Crippen molar-refractivity contribution >= 4 is 39.8 Å². The van der Waals surface area contributed by atoms with E-state index in [4.69, 9.17) is 4.99 Å². The Bertz CT molecular complexity index is 1460. The summed E-state index contributed by atoms with van der Waals surface area (Å²) in [6.45, 7) is 6.29. The largest absolute Gasteiger partial charge is 0.378 e. The van der Waals surface area contributed by atoms with Crippen LogP contribution in [-0.4, -0.2) is 30.8 Å². The second-order valence-electron chi connectivity index (χ2n) is 10.0. The summed E-state index contributed by atoms with van der Waals surface area (Å²) in [5.74, 6) is -0.0677. The summed E-state index contributed by atoms with van der Waals surface area (Å²) in [4.78, 5) is 21.8. The lowest BCUT2D eigenvalue weighted by Gasteiger charge is -2.14. The molecule has 5 nitrogen and oxygen atoms in total. The molecule has 2 aromatic heterocycles. The number of carbonyl (C=O) groups excluding carboxylic acids is 1. The summed E-state index contributed by atoms with van der Waals surface area (Å²) < 4.78 is 2.26. The van der Waals surface area contributed by atoms with Crippen molar-refractivity contribution in [2.75, 3.05) is 24.3 Å². The van der Waals surface area contributed by atoms with Crippen molar-refractivity contribution in [3.8, 4) is 5.69 Å². The monoisotopic (exact) mass is 510 g/mol. The SMILES string of the molecule is Cc1ccc(NC(=O)c2c(N=Cc3cc(C)n(-c4ccc(N(C)C)cc4)c3C)sc3c2CCCC3)cc1. The van der Waals surface area contributed by atoms with E-state index < -0.39 is 0 Å². The Morgan fingerprint density at radius 2 is 1.70 bits per heavy atom. The Labute approximate surface area is 223 Å². The summed E-state index contributed by atoms with van der Waals surface area (Å²) in [5, 5.41) is 3.91. The van der Waals surface area contributed by atoms with Crippen molar-refractivity contribution in [2.24, 2.45) is 4.99 Å². The number of amides is 1. The molecule has 0 saturated carbocycles. The molecule has 0 aliphatic heterocycles. The molecular formula is C31H34N4OS. The lowest BCUT2D eigenvalue weighted by molar-refractivity contribution is 0.102. The Hall–Kier alpha value is -3.64. The zero-order chi connectivity index (χ0) is 26.1. The van der Waals surface area contributed by atoms with Gasteiger partial charge in [-0.2, -0.15) is 0 Å². The van der Waals surface area contributed by atoms with Gasteiger partial charge in [-0.3, -0.25) is 4.79 Å². The zero-order valence-electron chi connectivity index (χ0n) is 22.3. The van der Waals surface area contributed by atoms with Crippen LogP contribution in [0.4, 0.5) is 16.4 Å². The molecule has 0 spiro atoms. The van der Waals surface area contributed by atoms with Crippen LogP contribution in [0.3, 0.4) is 0 Å². The van der Waals surface area contributed by atoms with Gasteiger partial charge in [-0.25, -0.2) is 4.99 Å². The smallest absolute Gasteiger partial charge is 0.259 e. The van der Waals surface area contributed by atoms with E-state index in [1.807, 2.05) is 51.5 Å². The van der Waals surface area contributed by atoms with E-state index in [0.717, 1.165) is 58.2 Å². The maximum atomic E-state index is 13.5. The number of aromatic nitrogens is 1. The number of fused-ring (bicyclic) bond motifs is 1. The summed E-state index contributed by atoms with van der Waals surface area (Å²) >= 11 is 1.67. The molecule has 4 aromatic rings. The second kappa shape index (κ2) is 10.4. The fourth-order valence-corrected chi connectivity index (χ4v) is 6.28. The first-order valence-corrected chi connectivity index (χ1v) is 13.7. The number of nitrogens with one attached hydrogen (secondary N) is 1. The number of aryl methyl sites for hydroxylation is 3. The molecule has 0 atom stereocenters. The van der Waals surface area contributed by atoms with E-state index >= 15 is 0 Å². The Morgan fingerprint density at radius 1 is 1.00 bits per heavy atom. The molecule has 5 rings (SSSR count). The first-order valence-electron chi connectivity index (χ1n) is 12.8. The highest BCUT2D eigenvalue weighted by atomic mass is 32.1. The third-order valence-electron chi connectivity index (χ3n) is 7.10. The predicted molar refractivity (Wildman–Crippen MR) is 157 cm³/mol. The second-order valence-corrected chi connectivity index (χ2v) is 11.1. The van der Waals surface area contributed by atoms with Crippen LogP contribution in [0.2, 0.25) is 0 Å². The fourth-order valence-electron chi connectivity index (χ4n) is 5.05. The van der Waals surface area contributed by atoms with E-state index in [9.17, 15) is 4.79 Å². The van der Waals surface area contributed by atoms with Gasteiger partial charge < -0.3 is 14.8 Å². The molecule has 0 unspecified atom stereocenters. The van der Waals surface area contributed by atoms with Crippen LogP contribution in [0, 0.1) is 20.8 Å². The van der Waals surface area contributed by atoms with Crippen molar-refractivity contribution < 1.29 is 4.79 Å². The average molecular weight is 511 g/mol. The van der Waals surface area contributed by atoms with Crippen molar-refractivity contribution in [3.05, 3.63) is 93.1 Å². The third kappa shape index (κ3) is 5.12. The summed E-state index contributed by atoms with van der Waals surface area (Å²) in [6.07, 6.45) is 6.18.